The van der Waals surface area contributed by atoms with Crippen LogP contribution in [0.25, 0.3) is 0 Å². The van der Waals surface area contributed by atoms with Gasteiger partial charge in [-0.1, -0.05) is 12.1 Å². The van der Waals surface area contributed by atoms with Gasteiger partial charge in [0, 0.05) is 5.69 Å². The standard InChI is InChI=1S/C21H20N2O4/c24-19(13-23-20(25)17-7-3-4-8-18(17)21(23)26)22-14-9-11-16(12-10-14)27-15-5-1-2-6-15/h3-4,7-12,15H,1-2,5-6,13H2,(H,22,24). The summed E-state index contributed by atoms with van der Waals surface area (Å²) in [5, 5.41) is 2.72. The summed E-state index contributed by atoms with van der Waals surface area (Å²) in [5.74, 6) is -0.522. The summed E-state index contributed by atoms with van der Waals surface area (Å²) in [6.07, 6.45) is 4.85. The minimum atomic E-state index is -0.439. The SMILES string of the molecule is O=C(CN1C(=O)c2ccccc2C1=O)Nc1ccc(OC2CCCC2)cc1. The van der Waals surface area contributed by atoms with Gasteiger partial charge in [0.2, 0.25) is 5.91 Å². The smallest absolute Gasteiger partial charge is 0.262 e. The average molecular weight is 364 g/mol. The largest absolute Gasteiger partial charge is 0.490 e. The summed E-state index contributed by atoms with van der Waals surface area (Å²) in [5.41, 5.74) is 1.27. The lowest BCUT2D eigenvalue weighted by Crippen LogP contribution is -2.37. The van der Waals surface area contributed by atoms with Gasteiger partial charge in [0.15, 0.2) is 0 Å². The number of fused-ring (bicyclic) bond motifs is 1. The van der Waals surface area contributed by atoms with E-state index in [1.807, 2.05) is 12.1 Å². The summed E-state index contributed by atoms with van der Waals surface area (Å²) >= 11 is 0. The van der Waals surface area contributed by atoms with E-state index < -0.39 is 17.7 Å². The van der Waals surface area contributed by atoms with Crippen LogP contribution in [0.5, 0.6) is 5.75 Å². The first-order valence-electron chi connectivity index (χ1n) is 9.13. The molecule has 4 rings (SSSR count). The van der Waals surface area contributed by atoms with Gasteiger partial charge in [-0.3, -0.25) is 19.3 Å². The van der Waals surface area contributed by atoms with Gasteiger partial charge in [0.05, 0.1) is 17.2 Å². The number of rotatable bonds is 5. The van der Waals surface area contributed by atoms with Crippen molar-refractivity contribution in [2.45, 2.75) is 31.8 Å². The number of carbonyl (C=O) groups excluding carboxylic acids is 3. The molecular formula is C21H20N2O4. The van der Waals surface area contributed by atoms with Crippen molar-refractivity contribution < 1.29 is 19.1 Å². The van der Waals surface area contributed by atoms with Gasteiger partial charge < -0.3 is 10.1 Å². The van der Waals surface area contributed by atoms with E-state index in [4.69, 9.17) is 4.74 Å². The highest BCUT2D eigenvalue weighted by molar-refractivity contribution is 6.22. The van der Waals surface area contributed by atoms with E-state index in [-0.39, 0.29) is 12.6 Å². The van der Waals surface area contributed by atoms with Crippen molar-refractivity contribution in [3.05, 3.63) is 59.7 Å². The van der Waals surface area contributed by atoms with E-state index in [0.717, 1.165) is 23.5 Å². The van der Waals surface area contributed by atoms with Crippen molar-refractivity contribution in [3.63, 3.8) is 0 Å². The van der Waals surface area contributed by atoms with Gasteiger partial charge in [-0.15, -0.1) is 0 Å². The minimum absolute atomic E-state index is 0.277. The molecule has 0 aromatic heterocycles. The molecule has 6 heteroatoms. The Kier molecular flexibility index (Phi) is 4.62. The predicted molar refractivity (Wildman–Crippen MR) is 99.8 cm³/mol. The summed E-state index contributed by atoms with van der Waals surface area (Å²) in [4.78, 5) is 37.9. The van der Waals surface area contributed by atoms with Crippen LogP contribution in [-0.2, 0) is 4.79 Å². The molecule has 3 amide bonds. The van der Waals surface area contributed by atoms with Crippen molar-refractivity contribution in [1.82, 2.24) is 4.90 Å². The summed E-state index contributed by atoms with van der Waals surface area (Å²) in [6, 6.07) is 13.7. The lowest BCUT2D eigenvalue weighted by atomic mass is 10.1. The number of imide groups is 1. The summed E-state index contributed by atoms with van der Waals surface area (Å²) in [7, 11) is 0. The molecule has 1 aliphatic carbocycles. The van der Waals surface area contributed by atoms with E-state index in [2.05, 4.69) is 5.32 Å². The molecule has 1 N–H and O–H groups in total. The van der Waals surface area contributed by atoms with E-state index in [9.17, 15) is 14.4 Å². The fourth-order valence-corrected chi connectivity index (χ4v) is 3.54. The summed E-state index contributed by atoms with van der Waals surface area (Å²) < 4.78 is 5.90. The van der Waals surface area contributed by atoms with Gasteiger partial charge in [-0.05, 0) is 62.1 Å². The Hall–Kier alpha value is -3.15. The Balaban J connectivity index is 1.36. The maximum absolute atomic E-state index is 12.3. The second kappa shape index (κ2) is 7.23. The third-order valence-electron chi connectivity index (χ3n) is 4.92. The van der Waals surface area contributed by atoms with Gasteiger partial charge in [0.1, 0.15) is 12.3 Å². The highest BCUT2D eigenvalue weighted by atomic mass is 16.5. The van der Waals surface area contributed by atoms with Crippen molar-refractivity contribution in [3.8, 4) is 5.75 Å². The lowest BCUT2D eigenvalue weighted by Gasteiger charge is -2.15. The molecule has 0 saturated heterocycles. The number of anilines is 1. The Morgan fingerprint density at radius 2 is 1.56 bits per heavy atom. The van der Waals surface area contributed by atoms with Gasteiger partial charge in [-0.2, -0.15) is 0 Å². The number of benzene rings is 2. The molecule has 6 nitrogen and oxygen atoms in total. The lowest BCUT2D eigenvalue weighted by molar-refractivity contribution is -0.116. The average Bonchev–Trinajstić information content (AvgIpc) is 3.27. The van der Waals surface area contributed by atoms with E-state index in [1.54, 1.807) is 36.4 Å². The second-order valence-corrected chi connectivity index (χ2v) is 6.84. The van der Waals surface area contributed by atoms with Crippen molar-refractivity contribution in [1.29, 1.82) is 0 Å². The highest BCUT2D eigenvalue weighted by Gasteiger charge is 2.36. The third kappa shape index (κ3) is 3.56. The first kappa shape index (κ1) is 17.3. The van der Waals surface area contributed by atoms with Gasteiger partial charge in [-0.25, -0.2) is 0 Å². The first-order valence-corrected chi connectivity index (χ1v) is 9.13. The van der Waals surface area contributed by atoms with E-state index >= 15 is 0 Å². The van der Waals surface area contributed by atoms with Crippen molar-refractivity contribution in [2.24, 2.45) is 0 Å². The molecule has 0 radical (unpaired) electrons. The number of nitrogens with zero attached hydrogens (tertiary/aromatic N) is 1. The fraction of sp³-hybridized carbons (Fsp3) is 0.286. The van der Waals surface area contributed by atoms with Gasteiger partial charge >= 0.3 is 0 Å². The van der Waals surface area contributed by atoms with Crippen LogP contribution in [0.3, 0.4) is 0 Å². The number of ether oxygens (including phenoxy) is 1. The molecule has 138 valence electrons. The molecular weight excluding hydrogens is 344 g/mol. The van der Waals surface area contributed by atoms with Crippen LogP contribution in [0.1, 0.15) is 46.4 Å². The number of carbonyl (C=O) groups is 3. The topological polar surface area (TPSA) is 75.7 Å². The van der Waals surface area contributed by atoms with Crippen LogP contribution in [0.2, 0.25) is 0 Å². The van der Waals surface area contributed by atoms with E-state index in [0.29, 0.717) is 16.8 Å². The molecule has 2 aromatic carbocycles. The van der Waals surface area contributed by atoms with Crippen LogP contribution in [0.4, 0.5) is 5.69 Å². The molecule has 1 saturated carbocycles. The molecule has 2 aliphatic rings. The van der Waals surface area contributed by atoms with Gasteiger partial charge in [0.25, 0.3) is 11.8 Å². The normalized spacial score (nSPS) is 16.5. The zero-order valence-corrected chi connectivity index (χ0v) is 14.8. The zero-order chi connectivity index (χ0) is 18.8. The Morgan fingerprint density at radius 3 is 2.15 bits per heavy atom. The van der Waals surface area contributed by atoms with E-state index in [1.165, 1.54) is 12.8 Å². The van der Waals surface area contributed by atoms with Crippen LogP contribution in [0, 0.1) is 0 Å². The molecule has 0 bridgehead atoms. The van der Waals surface area contributed by atoms with Crippen LogP contribution in [0.15, 0.2) is 48.5 Å². The molecule has 0 atom stereocenters. The van der Waals surface area contributed by atoms with Crippen molar-refractivity contribution >= 4 is 23.4 Å². The number of amides is 3. The van der Waals surface area contributed by atoms with Crippen molar-refractivity contribution in [2.75, 3.05) is 11.9 Å². The number of hydrogen-bond acceptors (Lipinski definition) is 4. The third-order valence-corrected chi connectivity index (χ3v) is 4.92. The molecule has 2 aromatic rings. The maximum atomic E-state index is 12.3. The molecule has 1 aliphatic heterocycles. The maximum Gasteiger partial charge on any atom is 0.262 e. The minimum Gasteiger partial charge on any atom is -0.490 e. The van der Waals surface area contributed by atoms with Crippen LogP contribution < -0.4 is 10.1 Å². The zero-order valence-electron chi connectivity index (χ0n) is 14.8. The summed E-state index contributed by atoms with van der Waals surface area (Å²) in [6.45, 7) is -0.313. The molecule has 27 heavy (non-hydrogen) atoms. The molecule has 1 heterocycles. The molecule has 1 fully saturated rings. The quantitative estimate of drug-likeness (QED) is 0.827. The second-order valence-electron chi connectivity index (χ2n) is 6.84. The first-order chi connectivity index (χ1) is 13.1. The Morgan fingerprint density at radius 1 is 0.963 bits per heavy atom. The molecule has 0 spiro atoms. The fourth-order valence-electron chi connectivity index (χ4n) is 3.54. The Labute approximate surface area is 157 Å². The van der Waals surface area contributed by atoms with Crippen LogP contribution in [-0.4, -0.2) is 35.3 Å². The number of hydrogen-bond donors (Lipinski definition) is 1. The monoisotopic (exact) mass is 364 g/mol. The Bertz CT molecular complexity index is 850. The number of nitrogens with one attached hydrogen (secondary N) is 1. The molecule has 0 unspecified atom stereocenters. The predicted octanol–water partition coefficient (Wildman–Crippen LogP) is 3.24. The van der Waals surface area contributed by atoms with Crippen LogP contribution >= 0.6 is 0 Å². The highest BCUT2D eigenvalue weighted by Crippen LogP contribution is 2.25.